The van der Waals surface area contributed by atoms with Crippen molar-refractivity contribution in [3.8, 4) is 23.0 Å². The van der Waals surface area contributed by atoms with Crippen LogP contribution >= 0.6 is 0 Å². The first kappa shape index (κ1) is 40.9. The molecule has 0 radical (unpaired) electrons. The number of nitrogens with one attached hydrogen (secondary N) is 3. The minimum Gasteiger partial charge on any atom is -0.504 e. The Bertz CT molecular complexity index is 1510. The summed E-state index contributed by atoms with van der Waals surface area (Å²) in [4.78, 5) is 16.6. The predicted molar refractivity (Wildman–Crippen MR) is 205 cm³/mol. The van der Waals surface area contributed by atoms with Crippen molar-refractivity contribution in [2.75, 3.05) is 46.2 Å². The van der Waals surface area contributed by atoms with E-state index >= 15 is 0 Å². The summed E-state index contributed by atoms with van der Waals surface area (Å²) in [5, 5.41) is 40.9. The van der Waals surface area contributed by atoms with Crippen LogP contribution in [0.1, 0.15) is 88.7 Å². The number of hydrogen-bond acceptors (Lipinski definition) is 10. The van der Waals surface area contributed by atoms with E-state index in [-0.39, 0.29) is 29.0 Å². The summed E-state index contributed by atoms with van der Waals surface area (Å²) in [5.41, 5.74) is 7.36. The SMILES string of the molecule is CN=C(N)Nc1cc(CCC=CC(=O)CCc2ccc(O)c(OC)c2)cc(O[C@]2(CNC)CC[C@H](CCOC3(NC[C@H](C)O)CCCCC3)C2)c1O. The van der Waals surface area contributed by atoms with Crippen molar-refractivity contribution < 1.29 is 34.3 Å². The number of allylic oxidation sites excluding steroid dienone is 2. The molecule has 2 aliphatic carbocycles. The van der Waals surface area contributed by atoms with Gasteiger partial charge in [0.2, 0.25) is 0 Å². The van der Waals surface area contributed by atoms with Crippen LogP contribution in [0.5, 0.6) is 23.0 Å². The van der Waals surface area contributed by atoms with Crippen molar-refractivity contribution in [1.29, 1.82) is 0 Å². The molecule has 8 N–H and O–H groups in total. The molecule has 12 heteroatoms. The Kier molecular flexibility index (Phi) is 15.6. The first-order valence-corrected chi connectivity index (χ1v) is 18.8. The van der Waals surface area contributed by atoms with Crippen molar-refractivity contribution in [3.05, 3.63) is 53.6 Å². The van der Waals surface area contributed by atoms with Crippen molar-refractivity contribution in [2.24, 2.45) is 16.6 Å². The molecular weight excluding hydrogens is 662 g/mol. The van der Waals surface area contributed by atoms with Gasteiger partial charge in [-0.1, -0.05) is 18.6 Å². The quantitative estimate of drug-likeness (QED) is 0.0309. The summed E-state index contributed by atoms with van der Waals surface area (Å²) in [6.07, 6.45) is 14.1. The highest BCUT2D eigenvalue weighted by Crippen LogP contribution is 2.44. The fourth-order valence-electron chi connectivity index (χ4n) is 7.41. The van der Waals surface area contributed by atoms with E-state index in [0.29, 0.717) is 68.5 Å². The van der Waals surface area contributed by atoms with E-state index in [1.807, 2.05) is 25.3 Å². The zero-order valence-corrected chi connectivity index (χ0v) is 31.5. The zero-order chi connectivity index (χ0) is 37.6. The fourth-order valence-corrected chi connectivity index (χ4v) is 7.41. The van der Waals surface area contributed by atoms with Crippen LogP contribution in [0.2, 0.25) is 0 Å². The second kappa shape index (κ2) is 19.8. The van der Waals surface area contributed by atoms with Gasteiger partial charge in [0.1, 0.15) is 11.3 Å². The van der Waals surface area contributed by atoms with Crippen LogP contribution < -0.4 is 31.2 Å². The van der Waals surface area contributed by atoms with Gasteiger partial charge < -0.3 is 45.9 Å². The molecule has 52 heavy (non-hydrogen) atoms. The number of nitrogens with zero attached hydrogens (tertiary/aromatic N) is 1. The van der Waals surface area contributed by atoms with Crippen LogP contribution in [-0.2, 0) is 22.4 Å². The number of hydrogen-bond donors (Lipinski definition) is 7. The molecule has 12 nitrogen and oxygen atoms in total. The van der Waals surface area contributed by atoms with Gasteiger partial charge in [-0.15, -0.1) is 0 Å². The fraction of sp³-hybridized carbons (Fsp3) is 0.600. The average Bonchev–Trinajstić information content (AvgIpc) is 3.53. The molecule has 0 amide bonds. The molecule has 0 heterocycles. The summed E-state index contributed by atoms with van der Waals surface area (Å²) >= 11 is 0. The van der Waals surface area contributed by atoms with Gasteiger partial charge in [0.05, 0.1) is 18.9 Å². The van der Waals surface area contributed by atoms with E-state index in [1.165, 1.54) is 13.5 Å². The van der Waals surface area contributed by atoms with Gasteiger partial charge in [-0.3, -0.25) is 15.1 Å². The van der Waals surface area contributed by atoms with E-state index < -0.39 is 11.7 Å². The number of guanidine groups is 1. The molecule has 288 valence electrons. The number of phenols is 2. The maximum Gasteiger partial charge on any atom is 0.192 e. The smallest absolute Gasteiger partial charge is 0.192 e. The highest BCUT2D eigenvalue weighted by molar-refractivity contribution is 5.94. The molecular formula is C40H61N5O7. The van der Waals surface area contributed by atoms with Crippen molar-refractivity contribution >= 4 is 17.4 Å². The van der Waals surface area contributed by atoms with E-state index in [2.05, 4.69) is 20.9 Å². The molecule has 2 aromatic rings. The van der Waals surface area contributed by atoms with Crippen LogP contribution in [-0.4, -0.2) is 85.4 Å². The number of methoxy groups -OCH3 is 1. The summed E-state index contributed by atoms with van der Waals surface area (Å²) < 4.78 is 18.5. The molecule has 2 aromatic carbocycles. The Morgan fingerprint density at radius 3 is 2.58 bits per heavy atom. The van der Waals surface area contributed by atoms with Crippen molar-refractivity contribution in [2.45, 2.75) is 108 Å². The van der Waals surface area contributed by atoms with Gasteiger partial charge >= 0.3 is 0 Å². The summed E-state index contributed by atoms with van der Waals surface area (Å²) in [5.74, 6) is 1.38. The lowest BCUT2D eigenvalue weighted by atomic mass is 9.91. The highest BCUT2D eigenvalue weighted by atomic mass is 16.5. The van der Waals surface area contributed by atoms with Crippen LogP contribution in [0.3, 0.4) is 0 Å². The first-order valence-electron chi connectivity index (χ1n) is 18.8. The van der Waals surface area contributed by atoms with Crippen molar-refractivity contribution in [3.63, 3.8) is 0 Å². The standard InChI is InChI=1S/C40H61N5O7/c1-28(46)26-44-40(18-8-5-9-19-40)51-21-17-30-16-20-39(25-30,27-42-2)52-36-24-31(22-33(37(36)49)45-38(41)43-3)10-6-7-11-32(47)14-12-29-13-15-34(48)35(23-29)50-4/h7,11,13,15,22-24,28,30,42,44,46,48-49H,5-6,8-10,12,14,16-21,25-27H2,1-4H3,(H3,41,43,45)/t28-,30+,39+/m0/s1. The molecule has 0 bridgehead atoms. The lowest BCUT2D eigenvalue weighted by molar-refractivity contribution is -0.114. The maximum atomic E-state index is 12.6. The van der Waals surface area contributed by atoms with Crippen LogP contribution in [0.15, 0.2) is 47.5 Å². The highest BCUT2D eigenvalue weighted by Gasteiger charge is 2.42. The van der Waals surface area contributed by atoms with Crippen LogP contribution in [0.25, 0.3) is 0 Å². The van der Waals surface area contributed by atoms with E-state index in [9.17, 15) is 20.1 Å². The number of rotatable bonds is 20. The summed E-state index contributed by atoms with van der Waals surface area (Å²) in [6, 6.07) is 8.81. The van der Waals surface area contributed by atoms with Crippen molar-refractivity contribution in [1.82, 2.24) is 10.6 Å². The Hall–Kier alpha value is -3.84. The molecule has 2 fully saturated rings. The largest absolute Gasteiger partial charge is 0.504 e. The van der Waals surface area contributed by atoms with E-state index in [0.717, 1.165) is 62.5 Å². The molecule has 4 rings (SSSR count). The minimum absolute atomic E-state index is 0.0104. The summed E-state index contributed by atoms with van der Waals surface area (Å²) in [7, 11) is 4.99. The van der Waals surface area contributed by atoms with E-state index in [4.69, 9.17) is 19.9 Å². The summed E-state index contributed by atoms with van der Waals surface area (Å²) in [6.45, 7) is 3.57. The van der Waals surface area contributed by atoms with Gasteiger partial charge in [0.15, 0.2) is 34.7 Å². The minimum atomic E-state index is -0.516. The van der Waals surface area contributed by atoms with Crippen LogP contribution in [0, 0.1) is 5.92 Å². The molecule has 2 saturated carbocycles. The number of aryl methyl sites for hydroxylation is 2. The number of ketones is 1. The Morgan fingerprint density at radius 1 is 1.10 bits per heavy atom. The molecule has 2 aliphatic rings. The van der Waals surface area contributed by atoms with Gasteiger partial charge in [-0.2, -0.15) is 0 Å². The number of ether oxygens (including phenoxy) is 3. The lowest BCUT2D eigenvalue weighted by Gasteiger charge is -2.39. The maximum absolute atomic E-state index is 12.6. The lowest BCUT2D eigenvalue weighted by Crippen LogP contribution is -2.51. The third-order valence-corrected chi connectivity index (χ3v) is 10.2. The molecule has 0 aromatic heterocycles. The molecule has 0 aliphatic heterocycles. The second-order valence-electron chi connectivity index (χ2n) is 14.5. The van der Waals surface area contributed by atoms with Gasteiger partial charge in [-0.25, -0.2) is 0 Å². The molecule has 0 spiro atoms. The predicted octanol–water partition coefficient (Wildman–Crippen LogP) is 5.33. The number of anilines is 1. The number of aromatic hydroxyl groups is 2. The Morgan fingerprint density at radius 2 is 1.87 bits per heavy atom. The first-order chi connectivity index (χ1) is 25.0. The number of carbonyl (C=O) groups excluding carboxylic acids is 1. The number of phenolic OH excluding ortho intramolecular Hbond substituents is 2. The van der Waals surface area contributed by atoms with Crippen LogP contribution in [0.4, 0.5) is 5.69 Å². The third kappa shape index (κ3) is 12.1. The van der Waals surface area contributed by atoms with E-state index in [1.54, 1.807) is 38.2 Å². The number of nitrogens with two attached hydrogens (primary N) is 1. The molecule has 0 unspecified atom stereocenters. The van der Waals surface area contributed by atoms with Gasteiger partial charge in [-0.05, 0) is 132 Å². The number of carbonyl (C=O) groups is 1. The Labute approximate surface area is 309 Å². The Balaban J connectivity index is 1.39. The molecule has 3 atom stereocenters. The second-order valence-corrected chi connectivity index (χ2v) is 14.5. The number of aliphatic hydroxyl groups is 1. The van der Waals surface area contributed by atoms with Gasteiger partial charge in [0, 0.05) is 33.2 Å². The number of aliphatic imine (C=N–C) groups is 1. The number of benzene rings is 2. The third-order valence-electron chi connectivity index (χ3n) is 10.2. The zero-order valence-electron chi connectivity index (χ0n) is 31.5. The molecule has 0 saturated heterocycles. The normalized spacial score (nSPS) is 20.9. The average molecular weight is 724 g/mol. The van der Waals surface area contributed by atoms with Gasteiger partial charge in [0.25, 0.3) is 0 Å². The number of likely N-dealkylation sites (N-methyl/N-ethyl adjacent to an activating group) is 1. The topological polar surface area (TPSA) is 180 Å². The number of aliphatic hydroxyl groups excluding tert-OH is 1. The monoisotopic (exact) mass is 723 g/mol.